The molecule has 0 aromatic heterocycles. The second-order valence-corrected chi connectivity index (χ2v) is 3.74. The van der Waals surface area contributed by atoms with Crippen molar-refractivity contribution in [3.8, 4) is 5.75 Å². The van der Waals surface area contributed by atoms with Gasteiger partial charge in [-0.05, 0) is 12.1 Å². The van der Waals surface area contributed by atoms with Crippen molar-refractivity contribution in [3.63, 3.8) is 0 Å². The molecule has 6 heteroatoms. The van der Waals surface area contributed by atoms with Crippen molar-refractivity contribution >= 4 is 29.1 Å². The van der Waals surface area contributed by atoms with Crippen molar-refractivity contribution in [2.24, 2.45) is 5.73 Å². The third-order valence-corrected chi connectivity index (χ3v) is 2.81. The molecular formula is C10H12Cl2N2O2. The van der Waals surface area contributed by atoms with Gasteiger partial charge in [-0.15, -0.1) is 0 Å². The Hall–Kier alpha value is -0.970. The first-order chi connectivity index (χ1) is 7.61. The maximum absolute atomic E-state index is 11.6. The first kappa shape index (κ1) is 13.1. The minimum Gasteiger partial charge on any atom is -0.495 e. The molecule has 0 spiro atoms. The molecule has 1 aromatic carbocycles. The maximum Gasteiger partial charge on any atom is 0.252 e. The van der Waals surface area contributed by atoms with Gasteiger partial charge in [-0.3, -0.25) is 4.79 Å². The van der Waals surface area contributed by atoms with Crippen LogP contribution in [0.4, 0.5) is 0 Å². The third kappa shape index (κ3) is 2.78. The van der Waals surface area contributed by atoms with Gasteiger partial charge in [0.05, 0.1) is 17.7 Å². The van der Waals surface area contributed by atoms with Gasteiger partial charge < -0.3 is 15.8 Å². The smallest absolute Gasteiger partial charge is 0.252 e. The summed E-state index contributed by atoms with van der Waals surface area (Å²) in [5.41, 5.74) is 5.58. The molecule has 88 valence electrons. The average Bonchev–Trinajstić information content (AvgIpc) is 2.29. The van der Waals surface area contributed by atoms with Gasteiger partial charge in [-0.2, -0.15) is 0 Å². The van der Waals surface area contributed by atoms with Crippen LogP contribution >= 0.6 is 23.2 Å². The number of nitrogens with one attached hydrogen (secondary N) is 1. The van der Waals surface area contributed by atoms with E-state index < -0.39 is 0 Å². The molecule has 16 heavy (non-hydrogen) atoms. The highest BCUT2D eigenvalue weighted by atomic mass is 35.5. The summed E-state index contributed by atoms with van der Waals surface area (Å²) in [6, 6.07) is 3.14. The zero-order valence-corrected chi connectivity index (χ0v) is 10.2. The van der Waals surface area contributed by atoms with Crippen LogP contribution in [0.25, 0.3) is 0 Å². The molecule has 1 rings (SSSR count). The van der Waals surface area contributed by atoms with Crippen molar-refractivity contribution < 1.29 is 9.53 Å². The summed E-state index contributed by atoms with van der Waals surface area (Å²) in [5, 5.41) is 3.01. The standard InChI is InChI=1S/C10H12Cl2N2O2/c1-16-7-3-2-6(8(11)9(7)12)10(15)14-5-4-13/h2-3H,4-5,13H2,1H3,(H,14,15). The third-order valence-electron chi connectivity index (χ3n) is 1.94. The zero-order chi connectivity index (χ0) is 12.1. The number of rotatable bonds is 4. The molecule has 1 aromatic rings. The first-order valence-electron chi connectivity index (χ1n) is 4.62. The molecule has 0 heterocycles. The quantitative estimate of drug-likeness (QED) is 0.868. The lowest BCUT2D eigenvalue weighted by atomic mass is 10.2. The summed E-state index contributed by atoms with van der Waals surface area (Å²) in [7, 11) is 1.48. The molecule has 0 atom stereocenters. The highest BCUT2D eigenvalue weighted by Gasteiger charge is 2.15. The van der Waals surface area contributed by atoms with Gasteiger partial charge in [0.2, 0.25) is 0 Å². The molecule has 0 aliphatic rings. The van der Waals surface area contributed by atoms with Crippen molar-refractivity contribution in [2.45, 2.75) is 0 Å². The molecule has 3 N–H and O–H groups in total. The molecule has 1 amide bonds. The van der Waals surface area contributed by atoms with Crippen LogP contribution in [-0.2, 0) is 0 Å². The van der Waals surface area contributed by atoms with Crippen LogP contribution in [-0.4, -0.2) is 26.1 Å². The summed E-state index contributed by atoms with van der Waals surface area (Å²) < 4.78 is 4.97. The van der Waals surface area contributed by atoms with Gasteiger partial charge in [-0.25, -0.2) is 0 Å². The highest BCUT2D eigenvalue weighted by molar-refractivity contribution is 6.44. The van der Waals surface area contributed by atoms with E-state index >= 15 is 0 Å². The summed E-state index contributed by atoms with van der Waals surface area (Å²) >= 11 is 11.9. The van der Waals surface area contributed by atoms with Crippen LogP contribution in [0.15, 0.2) is 12.1 Å². The maximum atomic E-state index is 11.6. The fourth-order valence-electron chi connectivity index (χ4n) is 1.15. The first-order valence-corrected chi connectivity index (χ1v) is 5.37. The molecule has 0 saturated carbocycles. The van der Waals surface area contributed by atoms with Gasteiger partial charge >= 0.3 is 0 Å². The number of halogens is 2. The van der Waals surface area contributed by atoms with Crippen LogP contribution in [0.5, 0.6) is 5.75 Å². The van der Waals surface area contributed by atoms with E-state index in [-0.39, 0.29) is 16.0 Å². The largest absolute Gasteiger partial charge is 0.495 e. The lowest BCUT2D eigenvalue weighted by Gasteiger charge is -2.09. The van der Waals surface area contributed by atoms with Crippen LogP contribution in [0.1, 0.15) is 10.4 Å². The minimum absolute atomic E-state index is 0.176. The second-order valence-electron chi connectivity index (χ2n) is 2.99. The Morgan fingerprint density at radius 1 is 1.44 bits per heavy atom. The monoisotopic (exact) mass is 262 g/mol. The number of carbonyl (C=O) groups excluding carboxylic acids is 1. The van der Waals surface area contributed by atoms with Gasteiger partial charge in [0.25, 0.3) is 5.91 Å². The molecule has 4 nitrogen and oxygen atoms in total. The Morgan fingerprint density at radius 3 is 2.69 bits per heavy atom. The topological polar surface area (TPSA) is 64.3 Å². The van der Waals surface area contributed by atoms with E-state index in [1.807, 2.05) is 0 Å². The average molecular weight is 263 g/mol. The Bertz CT molecular complexity index is 397. The van der Waals surface area contributed by atoms with Crippen molar-refractivity contribution in [1.82, 2.24) is 5.32 Å². The van der Waals surface area contributed by atoms with Crippen LogP contribution in [0.2, 0.25) is 10.0 Å². The second kappa shape index (κ2) is 5.94. The minimum atomic E-state index is -0.306. The lowest BCUT2D eigenvalue weighted by Crippen LogP contribution is -2.29. The zero-order valence-electron chi connectivity index (χ0n) is 8.72. The lowest BCUT2D eigenvalue weighted by molar-refractivity contribution is 0.0955. The van der Waals surface area contributed by atoms with E-state index in [1.165, 1.54) is 7.11 Å². The van der Waals surface area contributed by atoms with Crippen molar-refractivity contribution in [3.05, 3.63) is 27.7 Å². The molecular weight excluding hydrogens is 251 g/mol. The molecule has 0 bridgehead atoms. The van der Waals surface area contributed by atoms with Gasteiger partial charge in [-0.1, -0.05) is 23.2 Å². The molecule has 0 radical (unpaired) electrons. The number of hydrogen-bond donors (Lipinski definition) is 2. The number of ether oxygens (including phenoxy) is 1. The predicted molar refractivity (Wildman–Crippen MR) is 64.4 cm³/mol. The number of carbonyl (C=O) groups is 1. The van der Waals surface area contributed by atoms with Gasteiger partial charge in [0.15, 0.2) is 0 Å². The highest BCUT2D eigenvalue weighted by Crippen LogP contribution is 2.34. The number of amides is 1. The van der Waals surface area contributed by atoms with E-state index in [4.69, 9.17) is 33.7 Å². The normalized spacial score (nSPS) is 10.0. The molecule has 0 saturated heterocycles. The summed E-state index contributed by atoms with van der Waals surface area (Å²) in [5.74, 6) is 0.127. The molecule has 0 unspecified atom stereocenters. The van der Waals surface area contributed by atoms with Crippen LogP contribution in [0, 0.1) is 0 Å². The van der Waals surface area contributed by atoms with E-state index in [1.54, 1.807) is 12.1 Å². The number of benzene rings is 1. The number of hydrogen-bond acceptors (Lipinski definition) is 3. The van der Waals surface area contributed by atoms with E-state index in [2.05, 4.69) is 5.32 Å². The SMILES string of the molecule is COc1ccc(C(=O)NCCN)c(Cl)c1Cl. The summed E-state index contributed by atoms with van der Waals surface area (Å²) in [6.45, 7) is 0.756. The van der Waals surface area contributed by atoms with Gasteiger partial charge in [0.1, 0.15) is 10.8 Å². The summed E-state index contributed by atoms with van der Waals surface area (Å²) in [6.07, 6.45) is 0. The predicted octanol–water partition coefficient (Wildman–Crippen LogP) is 1.69. The summed E-state index contributed by atoms with van der Waals surface area (Å²) in [4.78, 5) is 11.6. The fourth-order valence-corrected chi connectivity index (χ4v) is 1.63. The Balaban J connectivity index is 2.98. The number of methoxy groups -OCH3 is 1. The van der Waals surface area contributed by atoms with E-state index in [9.17, 15) is 4.79 Å². The number of nitrogens with two attached hydrogens (primary N) is 1. The molecule has 0 fully saturated rings. The Morgan fingerprint density at radius 2 is 2.12 bits per heavy atom. The Labute approximate surface area is 104 Å². The Kier molecular flexibility index (Phi) is 4.86. The fraction of sp³-hybridized carbons (Fsp3) is 0.300. The van der Waals surface area contributed by atoms with E-state index in [0.29, 0.717) is 24.4 Å². The van der Waals surface area contributed by atoms with Gasteiger partial charge in [0, 0.05) is 13.1 Å². The van der Waals surface area contributed by atoms with Crippen molar-refractivity contribution in [1.29, 1.82) is 0 Å². The van der Waals surface area contributed by atoms with E-state index in [0.717, 1.165) is 0 Å². The molecule has 0 aliphatic carbocycles. The van der Waals surface area contributed by atoms with Crippen LogP contribution < -0.4 is 15.8 Å². The van der Waals surface area contributed by atoms with Crippen LogP contribution in [0.3, 0.4) is 0 Å². The van der Waals surface area contributed by atoms with Crippen molar-refractivity contribution in [2.75, 3.05) is 20.2 Å². The molecule has 0 aliphatic heterocycles.